The second kappa shape index (κ2) is 3.47. The van der Waals surface area contributed by atoms with E-state index in [0.29, 0.717) is 0 Å². The Kier molecular flexibility index (Phi) is 2.33. The van der Waals surface area contributed by atoms with Crippen LogP contribution < -0.4 is 5.73 Å². The number of aromatic nitrogens is 2. The van der Waals surface area contributed by atoms with Crippen LogP contribution in [0.1, 0.15) is 25.3 Å². The second-order valence-electron chi connectivity index (χ2n) is 3.32. The van der Waals surface area contributed by atoms with Crippen LogP contribution in [-0.2, 0) is 11.3 Å². The Bertz CT molecular complexity index is 284. The molecular weight excluding hydrogens is 166 g/mol. The summed E-state index contributed by atoms with van der Waals surface area (Å²) >= 11 is 0. The summed E-state index contributed by atoms with van der Waals surface area (Å²) in [6, 6.07) is 0.104. The molecule has 2 rings (SSSR count). The van der Waals surface area contributed by atoms with Gasteiger partial charge in [-0.15, -0.1) is 0 Å². The molecule has 0 amide bonds. The van der Waals surface area contributed by atoms with Crippen LogP contribution in [0.25, 0.3) is 0 Å². The van der Waals surface area contributed by atoms with Gasteiger partial charge in [-0.1, -0.05) is 0 Å². The molecule has 1 aromatic rings. The molecule has 1 fully saturated rings. The molecule has 2 N–H and O–H groups in total. The maximum Gasteiger partial charge on any atom is 0.139 e. The minimum Gasteiger partial charge on any atom is -0.369 e. The minimum atomic E-state index is -0.00468. The highest BCUT2D eigenvalue weighted by atomic mass is 16.5. The van der Waals surface area contributed by atoms with Crippen LogP contribution in [0.15, 0.2) is 12.4 Å². The lowest BCUT2D eigenvalue weighted by atomic mass is 10.1. The number of ether oxygens (including phenoxy) is 1. The van der Waals surface area contributed by atoms with E-state index in [1.165, 1.54) is 0 Å². The Balaban J connectivity index is 2.23. The van der Waals surface area contributed by atoms with E-state index < -0.39 is 0 Å². The molecule has 0 radical (unpaired) electrons. The summed E-state index contributed by atoms with van der Waals surface area (Å²) in [6.07, 6.45) is 4.69. The summed E-state index contributed by atoms with van der Waals surface area (Å²) in [5.41, 5.74) is 5.92. The van der Waals surface area contributed by atoms with Crippen molar-refractivity contribution in [1.29, 1.82) is 0 Å². The maximum absolute atomic E-state index is 5.92. The summed E-state index contributed by atoms with van der Waals surface area (Å²) in [6.45, 7) is 3.76. The average molecular weight is 181 g/mol. The average Bonchev–Trinajstić information content (AvgIpc) is 2.71. The van der Waals surface area contributed by atoms with Gasteiger partial charge in [0.25, 0.3) is 0 Å². The molecule has 0 saturated carbocycles. The molecule has 1 aliphatic rings. The first kappa shape index (κ1) is 8.72. The number of imidazole rings is 1. The molecule has 0 unspecified atom stereocenters. The van der Waals surface area contributed by atoms with Crippen molar-refractivity contribution in [3.63, 3.8) is 0 Å². The maximum atomic E-state index is 5.92. The number of hydrogen-bond donors (Lipinski definition) is 1. The highest BCUT2D eigenvalue weighted by molar-refractivity contribution is 5.02. The lowest BCUT2D eigenvalue weighted by Crippen LogP contribution is -2.25. The lowest BCUT2D eigenvalue weighted by Gasteiger charge is -2.14. The Morgan fingerprint density at radius 1 is 1.77 bits per heavy atom. The quantitative estimate of drug-likeness (QED) is 0.730. The van der Waals surface area contributed by atoms with Gasteiger partial charge in [-0.05, 0) is 13.3 Å². The Morgan fingerprint density at radius 3 is 3.23 bits per heavy atom. The van der Waals surface area contributed by atoms with E-state index in [1.807, 2.05) is 6.20 Å². The smallest absolute Gasteiger partial charge is 0.139 e. The van der Waals surface area contributed by atoms with Crippen molar-refractivity contribution < 1.29 is 4.74 Å². The molecule has 1 aliphatic heterocycles. The van der Waals surface area contributed by atoms with Gasteiger partial charge in [-0.3, -0.25) is 0 Å². The van der Waals surface area contributed by atoms with E-state index in [4.69, 9.17) is 10.5 Å². The first-order chi connectivity index (χ1) is 6.33. The van der Waals surface area contributed by atoms with E-state index in [2.05, 4.69) is 16.5 Å². The van der Waals surface area contributed by atoms with Crippen molar-refractivity contribution >= 4 is 0 Å². The zero-order chi connectivity index (χ0) is 9.26. The van der Waals surface area contributed by atoms with Gasteiger partial charge in [0, 0.05) is 31.6 Å². The number of aryl methyl sites for hydroxylation is 1. The molecule has 0 spiro atoms. The second-order valence-corrected chi connectivity index (χ2v) is 3.32. The number of nitrogens with zero attached hydrogens (tertiary/aromatic N) is 2. The topological polar surface area (TPSA) is 53.1 Å². The van der Waals surface area contributed by atoms with Gasteiger partial charge in [-0.2, -0.15) is 0 Å². The highest BCUT2D eigenvalue weighted by Gasteiger charge is 2.29. The first-order valence-electron chi connectivity index (χ1n) is 4.71. The molecule has 4 heteroatoms. The Hall–Kier alpha value is -0.870. The normalized spacial score (nSPS) is 28.2. The largest absolute Gasteiger partial charge is 0.369 e. The van der Waals surface area contributed by atoms with Crippen LogP contribution in [0.4, 0.5) is 0 Å². The molecule has 2 atom stereocenters. The summed E-state index contributed by atoms with van der Waals surface area (Å²) in [5, 5.41) is 0. The third-order valence-electron chi connectivity index (χ3n) is 2.48. The zero-order valence-electron chi connectivity index (χ0n) is 7.81. The summed E-state index contributed by atoms with van der Waals surface area (Å²) in [4.78, 5) is 4.28. The fourth-order valence-electron chi connectivity index (χ4n) is 1.72. The van der Waals surface area contributed by atoms with Crippen LogP contribution >= 0.6 is 0 Å². The molecule has 2 heterocycles. The third-order valence-corrected chi connectivity index (χ3v) is 2.48. The molecule has 72 valence electrons. The van der Waals surface area contributed by atoms with Crippen LogP contribution in [0.5, 0.6) is 0 Å². The van der Waals surface area contributed by atoms with Gasteiger partial charge in [-0.25, -0.2) is 4.98 Å². The number of rotatable bonds is 2. The molecule has 13 heavy (non-hydrogen) atoms. The predicted molar refractivity (Wildman–Crippen MR) is 49.2 cm³/mol. The Morgan fingerprint density at radius 2 is 2.62 bits per heavy atom. The Labute approximate surface area is 77.7 Å². The van der Waals surface area contributed by atoms with Crippen LogP contribution in [0.2, 0.25) is 0 Å². The third kappa shape index (κ3) is 1.47. The highest BCUT2D eigenvalue weighted by Crippen LogP contribution is 2.26. The molecule has 0 bridgehead atoms. The summed E-state index contributed by atoms with van der Waals surface area (Å²) in [5.74, 6) is 0.965. The zero-order valence-corrected chi connectivity index (χ0v) is 7.81. The van der Waals surface area contributed by atoms with Gasteiger partial charge >= 0.3 is 0 Å². The molecular formula is C9H15N3O. The van der Waals surface area contributed by atoms with E-state index in [0.717, 1.165) is 25.4 Å². The van der Waals surface area contributed by atoms with Gasteiger partial charge in [0.05, 0.1) is 0 Å². The van der Waals surface area contributed by atoms with Gasteiger partial charge in [0.2, 0.25) is 0 Å². The minimum absolute atomic E-state index is 0.00468. The van der Waals surface area contributed by atoms with Crippen molar-refractivity contribution in [2.75, 3.05) is 6.61 Å². The van der Waals surface area contributed by atoms with Gasteiger partial charge in [0.15, 0.2) is 0 Å². The van der Waals surface area contributed by atoms with Crippen LogP contribution in [0, 0.1) is 0 Å². The van der Waals surface area contributed by atoms with Crippen molar-refractivity contribution in [1.82, 2.24) is 9.55 Å². The number of hydrogen-bond acceptors (Lipinski definition) is 3. The van der Waals surface area contributed by atoms with E-state index >= 15 is 0 Å². The van der Waals surface area contributed by atoms with Crippen LogP contribution in [0.3, 0.4) is 0 Å². The summed E-state index contributed by atoms with van der Waals surface area (Å²) < 4.78 is 7.62. The fraction of sp³-hybridized carbons (Fsp3) is 0.667. The molecule has 1 aromatic heterocycles. The first-order valence-corrected chi connectivity index (χ1v) is 4.71. The SMILES string of the molecule is CCn1ccnc1[C@H]1OCC[C@H]1N. The molecule has 1 saturated heterocycles. The number of nitrogens with two attached hydrogens (primary N) is 1. The summed E-state index contributed by atoms with van der Waals surface area (Å²) in [7, 11) is 0. The van der Waals surface area contributed by atoms with Crippen molar-refractivity contribution in [3.05, 3.63) is 18.2 Å². The van der Waals surface area contributed by atoms with E-state index in [1.54, 1.807) is 6.20 Å². The van der Waals surface area contributed by atoms with Crippen molar-refractivity contribution in [2.45, 2.75) is 32.0 Å². The lowest BCUT2D eigenvalue weighted by molar-refractivity contribution is 0.0950. The van der Waals surface area contributed by atoms with Gasteiger partial charge in [0.1, 0.15) is 11.9 Å². The monoisotopic (exact) mass is 181 g/mol. The molecule has 0 aromatic carbocycles. The van der Waals surface area contributed by atoms with Crippen molar-refractivity contribution in [2.24, 2.45) is 5.73 Å². The van der Waals surface area contributed by atoms with E-state index in [9.17, 15) is 0 Å². The van der Waals surface area contributed by atoms with Crippen LogP contribution in [-0.4, -0.2) is 22.2 Å². The standard InChI is InChI=1S/C9H15N3O/c1-2-12-5-4-11-9(12)8-7(10)3-6-13-8/h4-5,7-8H,2-3,6,10H2,1H3/t7-,8+/m1/s1. The fourth-order valence-corrected chi connectivity index (χ4v) is 1.72. The van der Waals surface area contributed by atoms with E-state index in [-0.39, 0.29) is 12.1 Å². The van der Waals surface area contributed by atoms with Crippen molar-refractivity contribution in [3.8, 4) is 0 Å². The molecule has 0 aliphatic carbocycles. The van der Waals surface area contributed by atoms with Gasteiger partial charge < -0.3 is 15.0 Å². The predicted octanol–water partition coefficient (Wildman–Crippen LogP) is 0.692. The molecule has 4 nitrogen and oxygen atoms in total.